The lowest BCUT2D eigenvalue weighted by atomic mass is 10.2. The van der Waals surface area contributed by atoms with E-state index in [-0.39, 0.29) is 5.78 Å². The van der Waals surface area contributed by atoms with Gasteiger partial charge in [-0.25, -0.2) is 0 Å². The van der Waals surface area contributed by atoms with Crippen LogP contribution < -0.4 is 0 Å². The van der Waals surface area contributed by atoms with Gasteiger partial charge in [0.1, 0.15) is 6.61 Å². The normalized spacial score (nSPS) is 16.0. The molecule has 13 heavy (non-hydrogen) atoms. The van der Waals surface area contributed by atoms with Crippen molar-refractivity contribution in [1.29, 1.82) is 0 Å². The van der Waals surface area contributed by atoms with Crippen molar-refractivity contribution in [1.82, 2.24) is 0 Å². The summed E-state index contributed by atoms with van der Waals surface area (Å²) in [6.45, 7) is 3.89. The summed E-state index contributed by atoms with van der Waals surface area (Å²) in [5.41, 5.74) is 0. The van der Waals surface area contributed by atoms with Gasteiger partial charge in [0.25, 0.3) is 0 Å². The van der Waals surface area contributed by atoms with E-state index < -0.39 is 0 Å². The summed E-state index contributed by atoms with van der Waals surface area (Å²) >= 11 is 0. The number of rotatable bonds is 3. The molecule has 1 aliphatic carbocycles. The molecule has 0 amide bonds. The van der Waals surface area contributed by atoms with Gasteiger partial charge >= 0.3 is 0 Å². The van der Waals surface area contributed by atoms with Crippen molar-refractivity contribution in [2.45, 2.75) is 6.42 Å². The Kier molecular flexibility index (Phi) is 3.76. The monoisotopic (exact) mass is 176 g/mol. The van der Waals surface area contributed by atoms with Crippen molar-refractivity contribution in [3.05, 3.63) is 48.8 Å². The van der Waals surface area contributed by atoms with Crippen molar-refractivity contribution in [3.63, 3.8) is 0 Å². The summed E-state index contributed by atoms with van der Waals surface area (Å²) in [5.74, 6) is 0.406. The molecule has 68 valence electrons. The highest BCUT2D eigenvalue weighted by molar-refractivity contribution is 5.94. The summed E-state index contributed by atoms with van der Waals surface area (Å²) in [5, 5.41) is 0. The maximum absolute atomic E-state index is 11.4. The second-order valence-electron chi connectivity index (χ2n) is 2.57. The maximum atomic E-state index is 11.4. The molecule has 0 aromatic rings. The van der Waals surface area contributed by atoms with Crippen molar-refractivity contribution in [3.8, 4) is 0 Å². The third-order valence-corrected chi connectivity index (χ3v) is 1.54. The minimum Gasteiger partial charge on any atom is -0.486 e. The highest BCUT2D eigenvalue weighted by Gasteiger charge is 2.07. The highest BCUT2D eigenvalue weighted by Crippen LogP contribution is 2.06. The van der Waals surface area contributed by atoms with E-state index in [1.165, 1.54) is 0 Å². The molecule has 0 bridgehead atoms. The van der Waals surface area contributed by atoms with Crippen LogP contribution in [-0.2, 0) is 9.53 Å². The van der Waals surface area contributed by atoms with E-state index in [9.17, 15) is 4.79 Å². The largest absolute Gasteiger partial charge is 0.486 e. The fourth-order valence-electron chi connectivity index (χ4n) is 0.932. The molecule has 1 aliphatic rings. The van der Waals surface area contributed by atoms with Crippen LogP contribution in [0.5, 0.6) is 0 Å². The Bertz CT molecular complexity index is 282. The molecule has 0 atom stereocenters. The van der Waals surface area contributed by atoms with Crippen molar-refractivity contribution < 1.29 is 9.53 Å². The van der Waals surface area contributed by atoms with Crippen molar-refractivity contribution >= 4 is 5.78 Å². The molecule has 0 radical (unpaired) electrons. The van der Waals surface area contributed by atoms with Gasteiger partial charge < -0.3 is 4.74 Å². The lowest BCUT2D eigenvalue weighted by Gasteiger charge is -2.05. The van der Waals surface area contributed by atoms with Crippen molar-refractivity contribution in [2.24, 2.45) is 0 Å². The van der Waals surface area contributed by atoms with Crippen LogP contribution in [0.15, 0.2) is 48.8 Å². The van der Waals surface area contributed by atoms with Gasteiger partial charge in [-0.3, -0.25) is 4.79 Å². The third-order valence-electron chi connectivity index (χ3n) is 1.54. The minimum atomic E-state index is 0.00227. The van der Waals surface area contributed by atoms with Gasteiger partial charge in [0, 0.05) is 6.42 Å². The Balaban J connectivity index is 2.68. The van der Waals surface area contributed by atoms with Gasteiger partial charge in [0.2, 0.25) is 5.78 Å². The van der Waals surface area contributed by atoms with E-state index in [2.05, 4.69) is 6.58 Å². The lowest BCUT2D eigenvalue weighted by Crippen LogP contribution is -2.05. The van der Waals surface area contributed by atoms with Gasteiger partial charge in [0.05, 0.1) is 0 Å². The van der Waals surface area contributed by atoms with E-state index in [0.717, 1.165) is 0 Å². The number of allylic oxidation sites excluding steroid dienone is 6. The van der Waals surface area contributed by atoms with Crippen LogP contribution in [0.3, 0.4) is 0 Å². The number of ketones is 1. The molecule has 0 aromatic carbocycles. The molecule has 0 aliphatic heterocycles. The number of hydrogen-bond acceptors (Lipinski definition) is 2. The summed E-state index contributed by atoms with van der Waals surface area (Å²) in [6.07, 6.45) is 11.0. The SMILES string of the molecule is C=CCOC1=CC=CC=CCC1=O. The zero-order valence-corrected chi connectivity index (χ0v) is 7.40. The van der Waals surface area contributed by atoms with E-state index in [1.807, 2.05) is 18.2 Å². The quantitative estimate of drug-likeness (QED) is 0.616. The molecule has 0 saturated carbocycles. The molecule has 0 spiro atoms. The molecular formula is C11H12O2. The van der Waals surface area contributed by atoms with Crippen LogP contribution in [0.4, 0.5) is 0 Å². The molecule has 0 N–H and O–H groups in total. The first-order valence-corrected chi connectivity index (χ1v) is 4.15. The number of Topliss-reactive ketones (excluding diaryl/α,β-unsaturated/α-hetero) is 1. The molecule has 2 nitrogen and oxygen atoms in total. The molecular weight excluding hydrogens is 164 g/mol. The first-order chi connectivity index (χ1) is 6.34. The van der Waals surface area contributed by atoms with Crippen LogP contribution in [0.2, 0.25) is 0 Å². The molecule has 0 aromatic heterocycles. The Morgan fingerprint density at radius 3 is 3.08 bits per heavy atom. The smallest absolute Gasteiger partial charge is 0.201 e. The predicted octanol–water partition coefficient (Wildman–Crippen LogP) is 2.16. The average Bonchev–Trinajstić information content (AvgIpc) is 2.11. The molecule has 1 rings (SSSR count). The molecule has 2 heteroatoms. The van der Waals surface area contributed by atoms with Crippen molar-refractivity contribution in [2.75, 3.05) is 6.61 Å². The number of carbonyl (C=O) groups excluding carboxylic acids is 1. The van der Waals surface area contributed by atoms with Crippen LogP contribution in [0.25, 0.3) is 0 Å². The number of ether oxygens (including phenoxy) is 1. The van der Waals surface area contributed by atoms with Crippen LogP contribution >= 0.6 is 0 Å². The minimum absolute atomic E-state index is 0.00227. The Morgan fingerprint density at radius 1 is 1.46 bits per heavy atom. The van der Waals surface area contributed by atoms with E-state index >= 15 is 0 Å². The maximum Gasteiger partial charge on any atom is 0.201 e. The van der Waals surface area contributed by atoms with E-state index in [0.29, 0.717) is 18.8 Å². The fraction of sp³-hybridized carbons (Fsp3) is 0.182. The Morgan fingerprint density at radius 2 is 2.31 bits per heavy atom. The summed E-state index contributed by atoms with van der Waals surface area (Å²) < 4.78 is 5.19. The third kappa shape index (κ3) is 3.11. The van der Waals surface area contributed by atoms with Crippen LogP contribution in [0, 0.1) is 0 Å². The van der Waals surface area contributed by atoms with Crippen LogP contribution in [0.1, 0.15) is 6.42 Å². The predicted molar refractivity (Wildman–Crippen MR) is 52.1 cm³/mol. The van der Waals surface area contributed by atoms with Gasteiger partial charge in [-0.1, -0.05) is 37.0 Å². The van der Waals surface area contributed by atoms with E-state index in [4.69, 9.17) is 4.74 Å². The molecule has 0 fully saturated rings. The Hall–Kier alpha value is -1.57. The van der Waals surface area contributed by atoms with Gasteiger partial charge in [-0.2, -0.15) is 0 Å². The second-order valence-corrected chi connectivity index (χ2v) is 2.57. The van der Waals surface area contributed by atoms with Gasteiger partial charge in [-0.15, -0.1) is 0 Å². The lowest BCUT2D eigenvalue weighted by molar-refractivity contribution is -0.117. The molecule has 0 heterocycles. The average molecular weight is 176 g/mol. The zero-order chi connectivity index (χ0) is 9.52. The van der Waals surface area contributed by atoms with Crippen LogP contribution in [-0.4, -0.2) is 12.4 Å². The standard InChI is InChI=1S/C11H12O2/c1-2-9-13-11-8-6-4-3-5-7-10(11)12/h2-6,8H,1,7,9H2. The summed E-state index contributed by atoms with van der Waals surface area (Å²) in [4.78, 5) is 11.4. The number of carbonyl (C=O) groups is 1. The Labute approximate surface area is 77.9 Å². The van der Waals surface area contributed by atoms with Gasteiger partial charge in [-0.05, 0) is 6.08 Å². The zero-order valence-electron chi connectivity index (χ0n) is 7.40. The molecule has 0 unspecified atom stereocenters. The highest BCUT2D eigenvalue weighted by atomic mass is 16.5. The first-order valence-electron chi connectivity index (χ1n) is 4.15. The number of hydrogen-bond donors (Lipinski definition) is 0. The van der Waals surface area contributed by atoms with E-state index in [1.54, 1.807) is 18.2 Å². The van der Waals surface area contributed by atoms with Gasteiger partial charge in [0.15, 0.2) is 5.76 Å². The topological polar surface area (TPSA) is 26.3 Å². The first kappa shape index (κ1) is 9.52. The second kappa shape index (κ2) is 5.14. The molecule has 0 saturated heterocycles. The summed E-state index contributed by atoms with van der Waals surface area (Å²) in [6, 6.07) is 0. The summed E-state index contributed by atoms with van der Waals surface area (Å²) in [7, 11) is 0. The fourth-order valence-corrected chi connectivity index (χ4v) is 0.932.